The van der Waals surface area contributed by atoms with E-state index < -0.39 is 17.6 Å². The highest BCUT2D eigenvalue weighted by Gasteiger charge is 2.15. The monoisotopic (exact) mass is 288 g/mol. The van der Waals surface area contributed by atoms with Crippen LogP contribution in [0.4, 0.5) is 4.79 Å². The van der Waals surface area contributed by atoms with Crippen LogP contribution in [0.3, 0.4) is 0 Å². The molecule has 0 aliphatic heterocycles. The minimum atomic E-state index is -0.518. The van der Waals surface area contributed by atoms with Crippen LogP contribution in [0.2, 0.25) is 0 Å². The third-order valence-electron chi connectivity index (χ3n) is 2.33. The summed E-state index contributed by atoms with van der Waals surface area (Å²) in [5.41, 5.74) is 5.72. The van der Waals surface area contributed by atoms with Crippen molar-refractivity contribution in [1.82, 2.24) is 5.32 Å². The van der Waals surface area contributed by atoms with Gasteiger partial charge >= 0.3 is 6.09 Å². The third kappa shape index (κ3) is 6.48. The van der Waals surface area contributed by atoms with E-state index in [4.69, 9.17) is 10.5 Å². The molecule has 0 saturated heterocycles. The molecule has 0 saturated carbocycles. The zero-order valence-corrected chi connectivity index (χ0v) is 12.5. The molecule has 2 amide bonds. The second kappa shape index (κ2) is 7.34. The first-order chi connectivity index (χ1) is 9.79. The summed E-state index contributed by atoms with van der Waals surface area (Å²) in [6.45, 7) is 5.77. The number of hydrogen-bond acceptors (Lipinski definition) is 3. The van der Waals surface area contributed by atoms with E-state index in [0.717, 1.165) is 0 Å². The number of nitrogens with one attached hydrogen (secondary N) is 1. The summed E-state index contributed by atoms with van der Waals surface area (Å²) in [5, 5.41) is 2.61. The van der Waals surface area contributed by atoms with Gasteiger partial charge in [0.25, 0.3) is 0 Å². The Morgan fingerprint density at radius 1 is 1.29 bits per heavy atom. The molecule has 0 heterocycles. The maximum Gasteiger partial charge on any atom is 0.407 e. The predicted molar refractivity (Wildman–Crippen MR) is 80.7 cm³/mol. The molecule has 0 radical (unpaired) electrons. The third-order valence-corrected chi connectivity index (χ3v) is 2.33. The lowest BCUT2D eigenvalue weighted by molar-refractivity contribution is 0.0529. The van der Waals surface area contributed by atoms with E-state index in [9.17, 15) is 9.59 Å². The van der Waals surface area contributed by atoms with Crippen LogP contribution in [0, 0.1) is 11.8 Å². The number of carbonyl (C=O) groups is 2. The van der Waals surface area contributed by atoms with Crippen molar-refractivity contribution in [3.05, 3.63) is 35.4 Å². The largest absolute Gasteiger partial charge is 0.444 e. The molecule has 0 bridgehead atoms. The van der Waals surface area contributed by atoms with Crippen LogP contribution in [0.15, 0.2) is 24.3 Å². The Labute approximate surface area is 124 Å². The SMILES string of the molecule is CC(C)(C)OC(=O)NCCC#Cc1ccccc1C(N)=O. The fraction of sp³-hybridized carbons (Fsp3) is 0.375. The van der Waals surface area contributed by atoms with Crippen molar-refractivity contribution in [2.45, 2.75) is 32.8 Å². The highest BCUT2D eigenvalue weighted by Crippen LogP contribution is 2.07. The second-order valence-electron chi connectivity index (χ2n) is 5.39. The van der Waals surface area contributed by atoms with Gasteiger partial charge in [0, 0.05) is 18.5 Å². The first kappa shape index (κ1) is 16.6. The summed E-state index contributed by atoms with van der Waals surface area (Å²) in [5.74, 6) is 5.25. The molecule has 1 aromatic carbocycles. The Morgan fingerprint density at radius 2 is 1.95 bits per heavy atom. The number of carbonyl (C=O) groups excluding carboxylic acids is 2. The fourth-order valence-corrected chi connectivity index (χ4v) is 1.51. The maximum atomic E-state index is 11.4. The quantitative estimate of drug-likeness (QED) is 0.659. The van der Waals surface area contributed by atoms with Crippen molar-refractivity contribution in [2.75, 3.05) is 6.54 Å². The first-order valence-corrected chi connectivity index (χ1v) is 6.64. The summed E-state index contributed by atoms with van der Waals surface area (Å²) in [4.78, 5) is 22.6. The molecule has 5 heteroatoms. The molecule has 0 spiro atoms. The van der Waals surface area contributed by atoms with Gasteiger partial charge in [-0.05, 0) is 32.9 Å². The molecule has 3 N–H and O–H groups in total. The smallest absolute Gasteiger partial charge is 0.407 e. The predicted octanol–water partition coefficient (Wildman–Crippen LogP) is 2.05. The number of alkyl carbamates (subject to hydrolysis) is 1. The number of primary amides is 1. The van der Waals surface area contributed by atoms with Gasteiger partial charge in [0.1, 0.15) is 5.60 Å². The van der Waals surface area contributed by atoms with Gasteiger partial charge < -0.3 is 15.8 Å². The van der Waals surface area contributed by atoms with Gasteiger partial charge in [-0.2, -0.15) is 0 Å². The normalized spacial score (nSPS) is 10.2. The van der Waals surface area contributed by atoms with Gasteiger partial charge in [0.2, 0.25) is 5.91 Å². The van der Waals surface area contributed by atoms with E-state index in [-0.39, 0.29) is 0 Å². The van der Waals surface area contributed by atoms with Crippen molar-refractivity contribution in [3.63, 3.8) is 0 Å². The molecule has 0 aromatic heterocycles. The topological polar surface area (TPSA) is 81.4 Å². The Morgan fingerprint density at radius 3 is 2.57 bits per heavy atom. The van der Waals surface area contributed by atoms with Crippen LogP contribution in [0.5, 0.6) is 0 Å². The standard InChI is InChI=1S/C16H20N2O3/c1-16(2,3)21-15(20)18-11-7-6-9-12-8-4-5-10-13(12)14(17)19/h4-5,8,10H,7,11H2,1-3H3,(H2,17,19)(H,18,20). The van der Waals surface area contributed by atoms with Crippen molar-refractivity contribution >= 4 is 12.0 Å². The van der Waals surface area contributed by atoms with Crippen LogP contribution >= 0.6 is 0 Å². The zero-order valence-electron chi connectivity index (χ0n) is 12.5. The summed E-state index contributed by atoms with van der Waals surface area (Å²) in [6, 6.07) is 6.88. The molecule has 0 atom stereocenters. The molecule has 0 aliphatic rings. The number of amides is 2. The van der Waals surface area contributed by atoms with E-state index in [2.05, 4.69) is 17.2 Å². The Balaban J connectivity index is 2.48. The Hall–Kier alpha value is -2.48. The minimum absolute atomic E-state index is 0.376. The van der Waals surface area contributed by atoms with Gasteiger partial charge in [0.05, 0.1) is 5.56 Å². The van der Waals surface area contributed by atoms with E-state index in [1.807, 2.05) is 0 Å². The molecule has 0 aliphatic carbocycles. The summed E-state index contributed by atoms with van der Waals surface area (Å²) >= 11 is 0. The number of ether oxygens (including phenoxy) is 1. The zero-order chi connectivity index (χ0) is 15.9. The molecule has 0 fully saturated rings. The van der Waals surface area contributed by atoms with Crippen LogP contribution < -0.4 is 11.1 Å². The molecule has 112 valence electrons. The van der Waals surface area contributed by atoms with Gasteiger partial charge in [-0.15, -0.1) is 0 Å². The Kier molecular flexibility index (Phi) is 5.79. The van der Waals surface area contributed by atoms with Crippen molar-refractivity contribution in [2.24, 2.45) is 5.73 Å². The molecule has 0 unspecified atom stereocenters. The number of nitrogens with two attached hydrogens (primary N) is 1. The van der Waals surface area contributed by atoms with Gasteiger partial charge in [-0.1, -0.05) is 24.0 Å². The summed E-state index contributed by atoms with van der Waals surface area (Å²) < 4.78 is 5.09. The molecule has 5 nitrogen and oxygen atoms in total. The molecular formula is C16H20N2O3. The Bertz CT molecular complexity index is 577. The van der Waals surface area contributed by atoms with Crippen LogP contribution in [-0.4, -0.2) is 24.1 Å². The number of hydrogen-bond donors (Lipinski definition) is 2. The number of benzene rings is 1. The molecule has 21 heavy (non-hydrogen) atoms. The minimum Gasteiger partial charge on any atom is -0.444 e. The first-order valence-electron chi connectivity index (χ1n) is 6.64. The van der Waals surface area contributed by atoms with Crippen molar-refractivity contribution < 1.29 is 14.3 Å². The number of rotatable bonds is 3. The fourth-order valence-electron chi connectivity index (χ4n) is 1.51. The second-order valence-corrected chi connectivity index (χ2v) is 5.39. The van der Waals surface area contributed by atoms with E-state index in [0.29, 0.717) is 24.1 Å². The van der Waals surface area contributed by atoms with Gasteiger partial charge in [-0.3, -0.25) is 4.79 Å². The van der Waals surface area contributed by atoms with E-state index in [1.54, 1.807) is 45.0 Å². The molecule has 1 rings (SSSR count). The summed E-state index contributed by atoms with van der Waals surface area (Å²) in [6.07, 6.45) is -0.0198. The van der Waals surface area contributed by atoms with E-state index in [1.165, 1.54) is 0 Å². The summed E-state index contributed by atoms with van der Waals surface area (Å²) in [7, 11) is 0. The van der Waals surface area contributed by atoms with Gasteiger partial charge in [0.15, 0.2) is 0 Å². The lowest BCUT2D eigenvalue weighted by Gasteiger charge is -2.19. The van der Waals surface area contributed by atoms with Gasteiger partial charge in [-0.25, -0.2) is 4.79 Å². The van der Waals surface area contributed by atoms with Crippen molar-refractivity contribution in [3.8, 4) is 11.8 Å². The van der Waals surface area contributed by atoms with Crippen LogP contribution in [0.25, 0.3) is 0 Å². The van der Waals surface area contributed by atoms with Crippen molar-refractivity contribution in [1.29, 1.82) is 0 Å². The average Bonchev–Trinajstić information content (AvgIpc) is 2.36. The average molecular weight is 288 g/mol. The lowest BCUT2D eigenvalue weighted by atomic mass is 10.1. The lowest BCUT2D eigenvalue weighted by Crippen LogP contribution is -2.32. The van der Waals surface area contributed by atoms with Crippen LogP contribution in [-0.2, 0) is 4.74 Å². The molecular weight excluding hydrogens is 268 g/mol. The van der Waals surface area contributed by atoms with Crippen LogP contribution in [0.1, 0.15) is 43.1 Å². The maximum absolute atomic E-state index is 11.4. The van der Waals surface area contributed by atoms with E-state index >= 15 is 0 Å². The highest BCUT2D eigenvalue weighted by molar-refractivity contribution is 5.95. The highest BCUT2D eigenvalue weighted by atomic mass is 16.6. The molecule has 1 aromatic rings.